The van der Waals surface area contributed by atoms with Gasteiger partial charge < -0.3 is 14.4 Å². The summed E-state index contributed by atoms with van der Waals surface area (Å²) in [7, 11) is 1.90. The van der Waals surface area contributed by atoms with Crippen LogP contribution in [0.4, 0.5) is 0 Å². The predicted octanol–water partition coefficient (Wildman–Crippen LogP) is 3.48. The molecule has 1 aliphatic heterocycles. The van der Waals surface area contributed by atoms with E-state index in [1.807, 2.05) is 28.4 Å². The normalized spacial score (nSPS) is 13.1. The third kappa shape index (κ3) is 3.01. The molecule has 0 fully saturated rings. The number of benzene rings is 1. The van der Waals surface area contributed by atoms with E-state index >= 15 is 0 Å². The van der Waals surface area contributed by atoms with E-state index in [1.165, 1.54) is 4.88 Å². The van der Waals surface area contributed by atoms with Crippen LogP contribution < -0.4 is 4.74 Å². The van der Waals surface area contributed by atoms with Crippen LogP contribution in [0, 0.1) is 0 Å². The highest BCUT2D eigenvalue weighted by Gasteiger charge is 2.24. The number of rotatable bonds is 4. The molecule has 8 nitrogen and oxygen atoms in total. The summed E-state index contributed by atoms with van der Waals surface area (Å²) in [6.45, 7) is 4.67. The third-order valence-electron chi connectivity index (χ3n) is 5.30. The molecular formula is C21H22N6O2S. The van der Waals surface area contributed by atoms with Gasteiger partial charge in [-0.1, -0.05) is 6.07 Å². The van der Waals surface area contributed by atoms with E-state index in [0.29, 0.717) is 12.4 Å². The van der Waals surface area contributed by atoms with Crippen molar-refractivity contribution in [2.75, 3.05) is 6.61 Å². The van der Waals surface area contributed by atoms with Gasteiger partial charge >= 0.3 is 0 Å². The zero-order valence-electron chi connectivity index (χ0n) is 17.0. The number of aromatic nitrogens is 6. The van der Waals surface area contributed by atoms with Gasteiger partial charge in [0.1, 0.15) is 24.5 Å². The minimum absolute atomic E-state index is 0.0934. The lowest BCUT2D eigenvalue weighted by Gasteiger charge is -2.11. The number of ether oxygens (including phenoxy) is 1. The van der Waals surface area contributed by atoms with Crippen molar-refractivity contribution in [2.45, 2.75) is 32.9 Å². The van der Waals surface area contributed by atoms with Crippen molar-refractivity contribution >= 4 is 11.3 Å². The summed E-state index contributed by atoms with van der Waals surface area (Å²) < 4.78 is 9.87. The van der Waals surface area contributed by atoms with Gasteiger partial charge in [-0.3, -0.25) is 0 Å². The number of imidazole rings is 1. The Kier molecular flexibility index (Phi) is 4.63. The average molecular weight is 423 g/mol. The molecule has 30 heavy (non-hydrogen) atoms. The zero-order chi connectivity index (χ0) is 20.8. The first-order valence-electron chi connectivity index (χ1n) is 9.85. The summed E-state index contributed by atoms with van der Waals surface area (Å²) in [6.07, 6.45) is 4.15. The molecule has 0 radical (unpaired) electrons. The summed E-state index contributed by atoms with van der Waals surface area (Å²) in [5.41, 5.74) is 3.85. The molecule has 0 saturated carbocycles. The topological polar surface area (TPSA) is 90.9 Å². The molecule has 0 spiro atoms. The van der Waals surface area contributed by atoms with Crippen molar-refractivity contribution in [3.05, 3.63) is 41.4 Å². The SMILES string of the molecule is CC(C)n1ncnc1-c1nc2c(s1)CCOc1cc(-c3cnc(CO)n3C)ccc1-2. The minimum atomic E-state index is -0.0934. The fraction of sp³-hybridized carbons (Fsp3) is 0.333. The van der Waals surface area contributed by atoms with Gasteiger partial charge in [0.05, 0.1) is 24.2 Å². The summed E-state index contributed by atoms with van der Waals surface area (Å²) in [6, 6.07) is 6.34. The van der Waals surface area contributed by atoms with E-state index in [2.05, 4.69) is 35.0 Å². The lowest BCUT2D eigenvalue weighted by molar-refractivity contribution is 0.267. The van der Waals surface area contributed by atoms with Crippen LogP contribution in [-0.4, -0.2) is 41.0 Å². The number of nitrogens with zero attached hydrogens (tertiary/aromatic N) is 6. The van der Waals surface area contributed by atoms with Gasteiger partial charge in [-0.25, -0.2) is 19.6 Å². The van der Waals surface area contributed by atoms with Gasteiger partial charge in [0.25, 0.3) is 0 Å². The molecule has 0 aliphatic carbocycles. The van der Waals surface area contributed by atoms with Gasteiger partial charge in [0.15, 0.2) is 10.8 Å². The Hall–Kier alpha value is -3.04. The van der Waals surface area contributed by atoms with E-state index in [9.17, 15) is 5.11 Å². The maximum Gasteiger partial charge on any atom is 0.187 e. The lowest BCUT2D eigenvalue weighted by atomic mass is 10.0. The Labute approximate surface area is 177 Å². The van der Waals surface area contributed by atoms with Crippen molar-refractivity contribution in [2.24, 2.45) is 7.05 Å². The number of fused-ring (bicyclic) bond motifs is 3. The van der Waals surface area contributed by atoms with E-state index in [1.54, 1.807) is 23.9 Å². The number of hydrogen-bond acceptors (Lipinski definition) is 7. The molecule has 4 heterocycles. The second-order valence-electron chi connectivity index (χ2n) is 7.50. The molecule has 0 saturated heterocycles. The van der Waals surface area contributed by atoms with E-state index < -0.39 is 0 Å². The Morgan fingerprint density at radius 3 is 2.90 bits per heavy atom. The van der Waals surface area contributed by atoms with E-state index in [0.717, 1.165) is 45.5 Å². The molecule has 0 amide bonds. The number of aliphatic hydroxyl groups excluding tert-OH is 1. The van der Waals surface area contributed by atoms with Crippen LogP contribution in [0.2, 0.25) is 0 Å². The molecule has 1 aromatic carbocycles. The van der Waals surface area contributed by atoms with Crippen LogP contribution in [0.5, 0.6) is 5.75 Å². The van der Waals surface area contributed by atoms with Crippen molar-refractivity contribution in [3.63, 3.8) is 0 Å². The van der Waals surface area contributed by atoms with Gasteiger partial charge in [-0.15, -0.1) is 11.3 Å². The molecular weight excluding hydrogens is 400 g/mol. The predicted molar refractivity (Wildman–Crippen MR) is 114 cm³/mol. The first-order valence-corrected chi connectivity index (χ1v) is 10.7. The minimum Gasteiger partial charge on any atom is -0.492 e. The van der Waals surface area contributed by atoms with Crippen molar-refractivity contribution < 1.29 is 9.84 Å². The van der Waals surface area contributed by atoms with E-state index in [4.69, 9.17) is 9.72 Å². The third-order valence-corrected chi connectivity index (χ3v) is 6.41. The Bertz CT molecular complexity index is 1220. The van der Waals surface area contributed by atoms with Crippen molar-refractivity contribution in [1.29, 1.82) is 0 Å². The quantitative estimate of drug-likeness (QED) is 0.541. The smallest absolute Gasteiger partial charge is 0.187 e. The molecule has 1 N–H and O–H groups in total. The lowest BCUT2D eigenvalue weighted by Crippen LogP contribution is -2.04. The largest absolute Gasteiger partial charge is 0.492 e. The van der Waals surface area contributed by atoms with Crippen LogP contribution in [-0.2, 0) is 20.1 Å². The molecule has 0 unspecified atom stereocenters. The number of aliphatic hydroxyl groups is 1. The molecule has 154 valence electrons. The molecule has 5 rings (SSSR count). The fourth-order valence-corrected chi connectivity index (χ4v) is 4.77. The molecule has 3 aromatic heterocycles. The van der Waals surface area contributed by atoms with Crippen LogP contribution in [0.15, 0.2) is 30.7 Å². The highest BCUT2D eigenvalue weighted by Crippen LogP contribution is 2.41. The van der Waals surface area contributed by atoms with Crippen LogP contribution in [0.25, 0.3) is 33.3 Å². The second kappa shape index (κ2) is 7.33. The maximum atomic E-state index is 9.43. The average Bonchev–Trinajstić information content (AvgIpc) is 3.44. The Morgan fingerprint density at radius 1 is 1.27 bits per heavy atom. The van der Waals surface area contributed by atoms with Gasteiger partial charge in [-0.05, 0) is 26.0 Å². The highest BCUT2D eigenvalue weighted by molar-refractivity contribution is 7.15. The monoisotopic (exact) mass is 422 g/mol. The number of hydrogen-bond donors (Lipinski definition) is 1. The first-order chi connectivity index (χ1) is 14.6. The first kappa shape index (κ1) is 19.0. The van der Waals surface area contributed by atoms with Gasteiger partial charge in [0.2, 0.25) is 0 Å². The molecule has 9 heteroatoms. The Morgan fingerprint density at radius 2 is 2.13 bits per heavy atom. The van der Waals surface area contributed by atoms with Crippen molar-refractivity contribution in [3.8, 4) is 39.1 Å². The Balaban J connectivity index is 1.58. The summed E-state index contributed by atoms with van der Waals surface area (Å²) in [5, 5.41) is 14.6. The summed E-state index contributed by atoms with van der Waals surface area (Å²) >= 11 is 1.65. The highest BCUT2D eigenvalue weighted by atomic mass is 32.1. The van der Waals surface area contributed by atoms with Gasteiger partial charge in [-0.2, -0.15) is 5.10 Å². The van der Waals surface area contributed by atoms with Crippen LogP contribution in [0.1, 0.15) is 30.6 Å². The van der Waals surface area contributed by atoms with Crippen LogP contribution >= 0.6 is 11.3 Å². The molecule has 1 aliphatic rings. The standard InChI is InChI=1S/C21H22N6O2S/c1-12(2)27-20(23-11-24-27)21-25-19-14-5-4-13(15-9-22-18(10-28)26(15)3)8-16(14)29-7-6-17(19)30-21/h4-5,8-9,11-12,28H,6-7,10H2,1-3H3. The molecule has 0 bridgehead atoms. The zero-order valence-corrected chi connectivity index (χ0v) is 17.8. The maximum absolute atomic E-state index is 9.43. The summed E-state index contributed by atoms with van der Waals surface area (Å²) in [5.74, 6) is 2.23. The van der Waals surface area contributed by atoms with Gasteiger partial charge in [0, 0.05) is 35.5 Å². The number of thiazole rings is 1. The summed E-state index contributed by atoms with van der Waals surface area (Å²) in [4.78, 5) is 14.9. The van der Waals surface area contributed by atoms with Crippen LogP contribution in [0.3, 0.4) is 0 Å². The fourth-order valence-electron chi connectivity index (χ4n) is 3.72. The molecule has 0 atom stereocenters. The molecule has 4 aromatic rings. The second-order valence-corrected chi connectivity index (χ2v) is 8.58. The van der Waals surface area contributed by atoms with Crippen molar-refractivity contribution in [1.82, 2.24) is 29.3 Å². The van der Waals surface area contributed by atoms with E-state index in [-0.39, 0.29) is 12.6 Å².